The Bertz CT molecular complexity index is 668. The van der Waals surface area contributed by atoms with Crippen LogP contribution in [0.2, 0.25) is 0 Å². The summed E-state index contributed by atoms with van der Waals surface area (Å²) in [5.41, 5.74) is 7.20. The quantitative estimate of drug-likeness (QED) is 0.820. The Labute approximate surface area is 120 Å². The molecule has 1 atom stereocenters. The normalized spacial score (nSPS) is 17.9. The van der Waals surface area contributed by atoms with Gasteiger partial charge >= 0.3 is 0 Å². The second-order valence-corrected chi connectivity index (χ2v) is 5.96. The summed E-state index contributed by atoms with van der Waals surface area (Å²) in [6.07, 6.45) is 0.875. The molecule has 0 spiro atoms. The number of halogens is 1. The molecule has 0 saturated heterocycles. The standard InChI is InChI=1S/C15H15FN2OS/c1-9-11-5-7-20-14(11)4-6-18(9)15(19)10-2-3-12(16)13(17)8-10/h2-3,5,7-9H,4,6,17H2,1H3. The first kappa shape index (κ1) is 13.1. The van der Waals surface area contributed by atoms with Crippen LogP contribution in [-0.4, -0.2) is 17.4 Å². The zero-order valence-electron chi connectivity index (χ0n) is 11.1. The Kier molecular flexibility index (Phi) is 3.22. The highest BCUT2D eigenvalue weighted by Gasteiger charge is 2.29. The number of benzene rings is 1. The molecule has 0 fully saturated rings. The lowest BCUT2D eigenvalue weighted by Crippen LogP contribution is -2.38. The van der Waals surface area contributed by atoms with Gasteiger partial charge in [0.2, 0.25) is 0 Å². The van der Waals surface area contributed by atoms with Crippen molar-refractivity contribution in [3.05, 3.63) is 51.5 Å². The molecule has 2 aromatic rings. The largest absolute Gasteiger partial charge is 0.396 e. The molecule has 1 amide bonds. The van der Waals surface area contributed by atoms with Crippen molar-refractivity contribution in [3.8, 4) is 0 Å². The Morgan fingerprint density at radius 2 is 2.25 bits per heavy atom. The number of thiophene rings is 1. The zero-order valence-corrected chi connectivity index (χ0v) is 11.9. The number of hydrogen-bond acceptors (Lipinski definition) is 3. The maximum absolute atomic E-state index is 13.2. The number of rotatable bonds is 1. The predicted octanol–water partition coefficient (Wildman–Crippen LogP) is 3.23. The number of nitrogen functional groups attached to an aromatic ring is 1. The van der Waals surface area contributed by atoms with Gasteiger partial charge in [0.25, 0.3) is 5.91 Å². The van der Waals surface area contributed by atoms with Crippen LogP contribution in [0.15, 0.2) is 29.6 Å². The van der Waals surface area contributed by atoms with Gasteiger partial charge in [0.1, 0.15) is 5.82 Å². The van der Waals surface area contributed by atoms with Gasteiger partial charge in [-0.3, -0.25) is 4.79 Å². The zero-order chi connectivity index (χ0) is 14.3. The third-order valence-corrected chi connectivity index (χ3v) is 4.78. The van der Waals surface area contributed by atoms with Crippen LogP contribution >= 0.6 is 11.3 Å². The fourth-order valence-corrected chi connectivity index (χ4v) is 3.59. The average molecular weight is 290 g/mol. The number of fused-ring (bicyclic) bond motifs is 1. The number of carbonyl (C=O) groups excluding carboxylic acids is 1. The van der Waals surface area contributed by atoms with Gasteiger partial charge in [-0.15, -0.1) is 11.3 Å². The van der Waals surface area contributed by atoms with Crippen molar-refractivity contribution in [2.45, 2.75) is 19.4 Å². The molecule has 0 bridgehead atoms. The molecule has 20 heavy (non-hydrogen) atoms. The van der Waals surface area contributed by atoms with Crippen molar-refractivity contribution in [2.24, 2.45) is 0 Å². The lowest BCUT2D eigenvalue weighted by Gasteiger charge is -2.33. The molecule has 0 radical (unpaired) electrons. The molecule has 1 aromatic carbocycles. The van der Waals surface area contributed by atoms with Crippen LogP contribution in [-0.2, 0) is 6.42 Å². The number of carbonyl (C=O) groups is 1. The van der Waals surface area contributed by atoms with Crippen LogP contribution < -0.4 is 5.73 Å². The molecule has 2 heterocycles. The molecule has 5 heteroatoms. The van der Waals surface area contributed by atoms with Gasteiger partial charge in [0.05, 0.1) is 11.7 Å². The average Bonchev–Trinajstić information content (AvgIpc) is 2.91. The predicted molar refractivity (Wildman–Crippen MR) is 78.3 cm³/mol. The molecule has 1 aliphatic rings. The minimum Gasteiger partial charge on any atom is -0.396 e. The van der Waals surface area contributed by atoms with Gasteiger partial charge in [-0.25, -0.2) is 4.39 Å². The molecular weight excluding hydrogens is 275 g/mol. The monoisotopic (exact) mass is 290 g/mol. The number of nitrogens with two attached hydrogens (primary N) is 1. The Balaban J connectivity index is 1.90. The van der Waals surface area contributed by atoms with Gasteiger partial charge in [-0.2, -0.15) is 0 Å². The van der Waals surface area contributed by atoms with Gasteiger partial charge < -0.3 is 10.6 Å². The van der Waals surface area contributed by atoms with E-state index < -0.39 is 5.82 Å². The van der Waals surface area contributed by atoms with Crippen molar-refractivity contribution < 1.29 is 9.18 Å². The summed E-state index contributed by atoms with van der Waals surface area (Å²) < 4.78 is 13.2. The van der Waals surface area contributed by atoms with Crippen LogP contribution in [0.4, 0.5) is 10.1 Å². The van der Waals surface area contributed by atoms with E-state index in [1.807, 2.05) is 11.8 Å². The molecule has 1 aromatic heterocycles. The fraction of sp³-hybridized carbons (Fsp3) is 0.267. The molecule has 3 nitrogen and oxygen atoms in total. The van der Waals surface area contributed by atoms with E-state index in [0.717, 1.165) is 6.42 Å². The molecular formula is C15H15FN2OS. The first-order chi connectivity index (χ1) is 9.58. The van der Waals surface area contributed by atoms with Gasteiger partial charge in [0, 0.05) is 17.0 Å². The minimum absolute atomic E-state index is 0.0109. The van der Waals surface area contributed by atoms with Gasteiger partial charge in [-0.05, 0) is 48.6 Å². The third kappa shape index (κ3) is 2.08. The smallest absolute Gasteiger partial charge is 0.254 e. The number of hydrogen-bond donors (Lipinski definition) is 1. The molecule has 0 aliphatic carbocycles. The van der Waals surface area contributed by atoms with E-state index in [0.29, 0.717) is 12.1 Å². The molecule has 1 unspecified atom stereocenters. The summed E-state index contributed by atoms with van der Waals surface area (Å²) in [6.45, 7) is 2.71. The maximum Gasteiger partial charge on any atom is 0.254 e. The SMILES string of the molecule is CC1c2ccsc2CCN1C(=O)c1ccc(F)c(N)c1. The first-order valence-corrected chi connectivity index (χ1v) is 7.38. The summed E-state index contributed by atoms with van der Waals surface area (Å²) in [4.78, 5) is 15.7. The van der Waals surface area contributed by atoms with Gasteiger partial charge in [-0.1, -0.05) is 0 Å². The fourth-order valence-electron chi connectivity index (χ4n) is 2.63. The lowest BCUT2D eigenvalue weighted by atomic mass is 10.00. The topological polar surface area (TPSA) is 46.3 Å². The van der Waals surface area contributed by atoms with E-state index >= 15 is 0 Å². The first-order valence-electron chi connectivity index (χ1n) is 6.50. The molecule has 2 N–H and O–H groups in total. The van der Waals surface area contributed by atoms with E-state index in [1.54, 1.807) is 11.3 Å². The number of amides is 1. The highest BCUT2D eigenvalue weighted by atomic mass is 32.1. The van der Waals surface area contributed by atoms with E-state index in [1.165, 1.54) is 28.6 Å². The summed E-state index contributed by atoms with van der Waals surface area (Å²) in [7, 11) is 0. The summed E-state index contributed by atoms with van der Waals surface area (Å²) in [5, 5.41) is 2.06. The van der Waals surface area contributed by atoms with E-state index in [4.69, 9.17) is 5.73 Å². The summed E-state index contributed by atoms with van der Waals surface area (Å²) in [5.74, 6) is -0.589. The van der Waals surface area contributed by atoms with Crippen molar-refractivity contribution in [1.29, 1.82) is 0 Å². The van der Waals surface area contributed by atoms with E-state index in [9.17, 15) is 9.18 Å². The number of anilines is 1. The second kappa shape index (κ2) is 4.90. The van der Waals surface area contributed by atoms with Crippen molar-refractivity contribution in [3.63, 3.8) is 0 Å². The van der Waals surface area contributed by atoms with Crippen molar-refractivity contribution in [1.82, 2.24) is 4.90 Å². The van der Waals surface area contributed by atoms with Crippen LogP contribution in [0.3, 0.4) is 0 Å². The van der Waals surface area contributed by atoms with Crippen LogP contribution in [0.25, 0.3) is 0 Å². The minimum atomic E-state index is -0.492. The van der Waals surface area contributed by atoms with Crippen molar-refractivity contribution in [2.75, 3.05) is 12.3 Å². The van der Waals surface area contributed by atoms with E-state index in [2.05, 4.69) is 11.4 Å². The van der Waals surface area contributed by atoms with Crippen molar-refractivity contribution >= 4 is 22.9 Å². The highest BCUT2D eigenvalue weighted by molar-refractivity contribution is 7.10. The van der Waals surface area contributed by atoms with Gasteiger partial charge in [0.15, 0.2) is 0 Å². The third-order valence-electron chi connectivity index (χ3n) is 3.78. The highest BCUT2D eigenvalue weighted by Crippen LogP contribution is 2.33. The summed E-state index contributed by atoms with van der Waals surface area (Å²) in [6, 6.07) is 6.26. The maximum atomic E-state index is 13.2. The molecule has 0 saturated carbocycles. The molecule has 3 rings (SSSR count). The Morgan fingerprint density at radius 3 is 3.00 bits per heavy atom. The molecule has 1 aliphatic heterocycles. The van der Waals surface area contributed by atoms with Crippen LogP contribution in [0, 0.1) is 5.82 Å². The number of nitrogens with zero attached hydrogens (tertiary/aromatic N) is 1. The molecule has 104 valence electrons. The second-order valence-electron chi connectivity index (χ2n) is 4.96. The summed E-state index contributed by atoms with van der Waals surface area (Å²) >= 11 is 1.74. The van der Waals surface area contributed by atoms with Crippen LogP contribution in [0.5, 0.6) is 0 Å². The van der Waals surface area contributed by atoms with Crippen LogP contribution in [0.1, 0.15) is 33.8 Å². The lowest BCUT2D eigenvalue weighted by molar-refractivity contribution is 0.0679. The van der Waals surface area contributed by atoms with E-state index in [-0.39, 0.29) is 17.6 Å². The Morgan fingerprint density at radius 1 is 1.45 bits per heavy atom. The Hall–Kier alpha value is -1.88.